The molecule has 0 spiro atoms. The number of carbonyl (C=O) groups excluding carboxylic acids is 1. The summed E-state index contributed by atoms with van der Waals surface area (Å²) in [6.45, 7) is 6.41. The van der Waals surface area contributed by atoms with Gasteiger partial charge in [-0.1, -0.05) is 64.5 Å². The van der Waals surface area contributed by atoms with Gasteiger partial charge in [-0.3, -0.25) is 4.79 Å². The summed E-state index contributed by atoms with van der Waals surface area (Å²) in [5, 5.41) is 9.20. The van der Waals surface area contributed by atoms with E-state index in [1.165, 1.54) is 37.0 Å². The standard InChI is InChI=1S/C19H35NO3/c1-4-6-8-10-11-12-14-16-20(17(3)19(22)23)18(21)15-13-9-7-5-2/h7,9,17H,4-6,8,10-16H2,1-3H3,(H,22,23)/b9-7+/t17-/m0/s1. The van der Waals surface area contributed by atoms with Gasteiger partial charge in [-0.2, -0.15) is 0 Å². The van der Waals surface area contributed by atoms with Gasteiger partial charge in [0.05, 0.1) is 0 Å². The molecule has 23 heavy (non-hydrogen) atoms. The lowest BCUT2D eigenvalue weighted by Crippen LogP contribution is -2.43. The van der Waals surface area contributed by atoms with Gasteiger partial charge in [-0.15, -0.1) is 0 Å². The third-order valence-electron chi connectivity index (χ3n) is 4.08. The van der Waals surface area contributed by atoms with Crippen molar-refractivity contribution in [3.05, 3.63) is 12.2 Å². The van der Waals surface area contributed by atoms with Crippen LogP contribution >= 0.6 is 0 Å². The fraction of sp³-hybridized carbons (Fsp3) is 0.789. The van der Waals surface area contributed by atoms with Gasteiger partial charge in [-0.05, 0) is 26.2 Å². The molecule has 0 bridgehead atoms. The summed E-state index contributed by atoms with van der Waals surface area (Å²) in [5.74, 6) is -0.975. The number of hydrogen-bond acceptors (Lipinski definition) is 2. The first-order valence-electron chi connectivity index (χ1n) is 9.21. The molecule has 0 aliphatic rings. The zero-order chi connectivity index (χ0) is 17.5. The zero-order valence-corrected chi connectivity index (χ0v) is 15.2. The van der Waals surface area contributed by atoms with Crippen molar-refractivity contribution in [2.24, 2.45) is 0 Å². The number of amides is 1. The van der Waals surface area contributed by atoms with Gasteiger partial charge in [0.15, 0.2) is 0 Å². The van der Waals surface area contributed by atoms with Crippen LogP contribution in [-0.4, -0.2) is 34.5 Å². The van der Waals surface area contributed by atoms with Crippen LogP contribution in [0.15, 0.2) is 12.2 Å². The van der Waals surface area contributed by atoms with Gasteiger partial charge in [0.25, 0.3) is 0 Å². The van der Waals surface area contributed by atoms with E-state index in [2.05, 4.69) is 13.8 Å². The van der Waals surface area contributed by atoms with Crippen LogP contribution in [0.2, 0.25) is 0 Å². The van der Waals surface area contributed by atoms with Crippen molar-refractivity contribution in [3.8, 4) is 0 Å². The first kappa shape index (κ1) is 21.7. The zero-order valence-electron chi connectivity index (χ0n) is 15.2. The Balaban J connectivity index is 4.22. The van der Waals surface area contributed by atoms with Crippen molar-refractivity contribution in [2.75, 3.05) is 6.54 Å². The Morgan fingerprint density at radius 1 is 1.00 bits per heavy atom. The highest BCUT2D eigenvalue weighted by Gasteiger charge is 2.24. The van der Waals surface area contributed by atoms with Crippen LogP contribution in [0.4, 0.5) is 0 Å². The summed E-state index contributed by atoms with van der Waals surface area (Å²) >= 11 is 0. The Morgan fingerprint density at radius 3 is 2.17 bits per heavy atom. The van der Waals surface area contributed by atoms with Crippen LogP contribution in [0.3, 0.4) is 0 Å². The fourth-order valence-corrected chi connectivity index (χ4v) is 2.54. The molecule has 0 heterocycles. The lowest BCUT2D eigenvalue weighted by molar-refractivity contribution is -0.149. The summed E-state index contributed by atoms with van der Waals surface area (Å²) in [4.78, 5) is 25.0. The Hall–Kier alpha value is -1.32. The summed E-state index contributed by atoms with van der Waals surface area (Å²) in [6, 6.07) is -0.738. The van der Waals surface area contributed by atoms with E-state index in [1.54, 1.807) is 6.92 Å². The van der Waals surface area contributed by atoms with Crippen molar-refractivity contribution in [1.82, 2.24) is 4.90 Å². The molecule has 1 amide bonds. The van der Waals surface area contributed by atoms with Gasteiger partial charge < -0.3 is 10.0 Å². The summed E-state index contributed by atoms with van der Waals surface area (Å²) < 4.78 is 0. The minimum Gasteiger partial charge on any atom is -0.480 e. The van der Waals surface area contributed by atoms with Gasteiger partial charge >= 0.3 is 5.97 Å². The molecular weight excluding hydrogens is 290 g/mol. The van der Waals surface area contributed by atoms with E-state index in [0.29, 0.717) is 19.4 Å². The highest BCUT2D eigenvalue weighted by molar-refractivity contribution is 5.83. The van der Waals surface area contributed by atoms with Crippen molar-refractivity contribution < 1.29 is 14.7 Å². The second-order valence-electron chi connectivity index (χ2n) is 6.14. The van der Waals surface area contributed by atoms with Gasteiger partial charge in [0, 0.05) is 13.0 Å². The third-order valence-corrected chi connectivity index (χ3v) is 4.08. The Labute approximate surface area is 141 Å². The lowest BCUT2D eigenvalue weighted by Gasteiger charge is -2.26. The third kappa shape index (κ3) is 10.9. The average molecular weight is 325 g/mol. The molecule has 0 aromatic carbocycles. The summed E-state index contributed by atoms with van der Waals surface area (Å²) in [6.07, 6.45) is 14.2. The number of carboxylic acids is 1. The summed E-state index contributed by atoms with van der Waals surface area (Å²) in [5.41, 5.74) is 0. The van der Waals surface area contributed by atoms with E-state index < -0.39 is 12.0 Å². The number of allylic oxidation sites excluding steroid dienone is 2. The Kier molecular flexibility index (Phi) is 13.5. The monoisotopic (exact) mass is 325 g/mol. The molecule has 0 unspecified atom stereocenters. The number of rotatable bonds is 14. The smallest absolute Gasteiger partial charge is 0.326 e. The number of carboxylic acid groups (broad SMARTS) is 1. The van der Waals surface area contributed by atoms with E-state index in [-0.39, 0.29) is 5.91 Å². The molecule has 0 rings (SSSR count). The second-order valence-corrected chi connectivity index (χ2v) is 6.14. The molecule has 1 atom stereocenters. The molecule has 0 aliphatic heterocycles. The van der Waals surface area contributed by atoms with Crippen LogP contribution in [0, 0.1) is 0 Å². The first-order valence-corrected chi connectivity index (χ1v) is 9.21. The number of hydrogen-bond donors (Lipinski definition) is 1. The Bertz CT molecular complexity index is 353. The van der Waals surface area contributed by atoms with E-state index in [1.807, 2.05) is 12.2 Å². The highest BCUT2D eigenvalue weighted by atomic mass is 16.4. The fourth-order valence-electron chi connectivity index (χ4n) is 2.54. The molecule has 1 N–H and O–H groups in total. The van der Waals surface area contributed by atoms with E-state index in [9.17, 15) is 14.7 Å². The minimum atomic E-state index is -0.926. The van der Waals surface area contributed by atoms with Crippen LogP contribution in [0.25, 0.3) is 0 Å². The molecule has 0 saturated carbocycles. The molecule has 4 heteroatoms. The number of unbranched alkanes of at least 4 members (excludes halogenated alkanes) is 6. The largest absolute Gasteiger partial charge is 0.480 e. The van der Waals surface area contributed by atoms with Crippen LogP contribution < -0.4 is 0 Å². The average Bonchev–Trinajstić information content (AvgIpc) is 2.53. The normalized spacial score (nSPS) is 12.5. The van der Waals surface area contributed by atoms with E-state index in [4.69, 9.17) is 0 Å². The molecular formula is C19H35NO3. The molecule has 0 aliphatic carbocycles. The summed E-state index contributed by atoms with van der Waals surface area (Å²) in [7, 11) is 0. The van der Waals surface area contributed by atoms with E-state index in [0.717, 1.165) is 19.3 Å². The van der Waals surface area contributed by atoms with Crippen molar-refractivity contribution >= 4 is 11.9 Å². The second kappa shape index (κ2) is 14.3. The van der Waals surface area contributed by atoms with Crippen molar-refractivity contribution in [1.29, 1.82) is 0 Å². The van der Waals surface area contributed by atoms with E-state index >= 15 is 0 Å². The maximum absolute atomic E-state index is 12.3. The molecule has 0 aromatic rings. The highest BCUT2D eigenvalue weighted by Crippen LogP contribution is 2.11. The predicted octanol–water partition coefficient (Wildman–Crippen LogP) is 4.79. The Morgan fingerprint density at radius 2 is 1.61 bits per heavy atom. The van der Waals surface area contributed by atoms with Crippen molar-refractivity contribution in [2.45, 2.75) is 91.0 Å². The molecule has 0 aromatic heterocycles. The predicted molar refractivity (Wildman–Crippen MR) is 95.5 cm³/mol. The molecule has 0 radical (unpaired) electrons. The lowest BCUT2D eigenvalue weighted by atomic mass is 10.1. The van der Waals surface area contributed by atoms with Gasteiger partial charge in [0.2, 0.25) is 5.91 Å². The quantitative estimate of drug-likeness (QED) is 0.369. The minimum absolute atomic E-state index is 0.0494. The topological polar surface area (TPSA) is 57.6 Å². The molecule has 0 saturated heterocycles. The molecule has 4 nitrogen and oxygen atoms in total. The number of nitrogens with zero attached hydrogens (tertiary/aromatic N) is 1. The maximum Gasteiger partial charge on any atom is 0.326 e. The first-order chi connectivity index (χ1) is 11.0. The SMILES string of the molecule is CC/C=C/CCC(=O)N(CCCCCCCCC)[C@@H](C)C(=O)O. The van der Waals surface area contributed by atoms with Gasteiger partial charge in [-0.25, -0.2) is 4.79 Å². The van der Waals surface area contributed by atoms with Crippen LogP contribution in [0.1, 0.15) is 85.0 Å². The number of aliphatic carboxylic acids is 1. The van der Waals surface area contributed by atoms with Gasteiger partial charge in [0.1, 0.15) is 6.04 Å². The van der Waals surface area contributed by atoms with Crippen molar-refractivity contribution in [3.63, 3.8) is 0 Å². The molecule has 0 fully saturated rings. The number of carbonyl (C=O) groups is 2. The maximum atomic E-state index is 12.3. The molecule has 134 valence electrons. The van der Waals surface area contributed by atoms with Crippen LogP contribution in [0.5, 0.6) is 0 Å². The van der Waals surface area contributed by atoms with Crippen LogP contribution in [-0.2, 0) is 9.59 Å².